The molecule has 1 N–H and O–H groups in total. The first-order chi connectivity index (χ1) is 13.2. The van der Waals surface area contributed by atoms with E-state index in [0.717, 1.165) is 35.9 Å². The quantitative estimate of drug-likeness (QED) is 0.733. The average Bonchev–Trinajstić information content (AvgIpc) is 3.12. The van der Waals surface area contributed by atoms with Crippen LogP contribution in [0.1, 0.15) is 11.3 Å². The summed E-state index contributed by atoms with van der Waals surface area (Å²) in [5.74, 6) is 2.87. The molecule has 1 aliphatic heterocycles. The van der Waals surface area contributed by atoms with E-state index in [0.29, 0.717) is 11.7 Å². The molecule has 0 unspecified atom stereocenters. The molecule has 1 aromatic heterocycles. The Morgan fingerprint density at radius 2 is 1.85 bits per heavy atom. The molecule has 6 heteroatoms. The number of anilines is 4. The lowest BCUT2D eigenvalue weighted by atomic mass is 10.2. The minimum atomic E-state index is 0.693. The third kappa shape index (κ3) is 3.38. The van der Waals surface area contributed by atoms with Crippen LogP contribution in [0.25, 0.3) is 0 Å². The van der Waals surface area contributed by atoms with Gasteiger partial charge in [0.05, 0.1) is 19.9 Å². The number of methoxy groups -OCH3 is 2. The highest BCUT2D eigenvalue weighted by Gasteiger charge is 2.22. The number of hydrogen-bond acceptors (Lipinski definition) is 6. The number of benzene rings is 2. The number of para-hydroxylation sites is 1. The number of aryl methyl sites for hydroxylation is 1. The highest BCUT2D eigenvalue weighted by molar-refractivity contribution is 5.69. The summed E-state index contributed by atoms with van der Waals surface area (Å²) in [6, 6.07) is 16.0. The molecule has 0 bridgehead atoms. The fraction of sp³-hybridized carbons (Fsp3) is 0.238. The van der Waals surface area contributed by atoms with Crippen molar-refractivity contribution >= 4 is 23.1 Å². The summed E-state index contributed by atoms with van der Waals surface area (Å²) in [5, 5.41) is 3.35. The zero-order valence-electron chi connectivity index (χ0n) is 15.7. The summed E-state index contributed by atoms with van der Waals surface area (Å²) in [6.07, 6.45) is 1.00. The third-order valence-corrected chi connectivity index (χ3v) is 4.64. The van der Waals surface area contributed by atoms with Crippen molar-refractivity contribution in [3.63, 3.8) is 0 Å². The molecule has 2 aromatic carbocycles. The minimum absolute atomic E-state index is 0.693. The van der Waals surface area contributed by atoms with Gasteiger partial charge in [0.15, 0.2) is 0 Å². The Balaban J connectivity index is 1.66. The summed E-state index contributed by atoms with van der Waals surface area (Å²) in [5.41, 5.74) is 4.23. The zero-order chi connectivity index (χ0) is 18.8. The van der Waals surface area contributed by atoms with Gasteiger partial charge in [0.25, 0.3) is 0 Å². The maximum atomic E-state index is 5.47. The SMILES string of the molecule is COc1ccc(Nc2cc(C)nc(N3CCc4ccccc43)n2)c(OC)c1. The molecule has 6 nitrogen and oxygen atoms in total. The first-order valence-corrected chi connectivity index (χ1v) is 8.88. The van der Waals surface area contributed by atoms with Gasteiger partial charge in [-0.25, -0.2) is 4.98 Å². The average molecular weight is 362 g/mol. The minimum Gasteiger partial charge on any atom is -0.497 e. The molecule has 2 heterocycles. The third-order valence-electron chi connectivity index (χ3n) is 4.64. The van der Waals surface area contributed by atoms with Crippen LogP contribution >= 0.6 is 0 Å². The van der Waals surface area contributed by atoms with E-state index in [9.17, 15) is 0 Å². The molecule has 0 saturated heterocycles. The van der Waals surface area contributed by atoms with Crippen molar-refractivity contribution in [2.24, 2.45) is 0 Å². The summed E-state index contributed by atoms with van der Waals surface area (Å²) in [7, 11) is 3.27. The Labute approximate surface area is 158 Å². The first-order valence-electron chi connectivity index (χ1n) is 8.88. The lowest BCUT2D eigenvalue weighted by Crippen LogP contribution is -2.17. The predicted octanol–water partition coefficient (Wildman–Crippen LogP) is 4.24. The lowest BCUT2D eigenvalue weighted by Gasteiger charge is -2.19. The van der Waals surface area contributed by atoms with Crippen molar-refractivity contribution in [2.75, 3.05) is 31.0 Å². The van der Waals surface area contributed by atoms with E-state index in [1.165, 1.54) is 11.3 Å². The second-order valence-corrected chi connectivity index (χ2v) is 6.42. The number of ether oxygens (including phenoxy) is 2. The summed E-state index contributed by atoms with van der Waals surface area (Å²) in [6.45, 7) is 2.86. The van der Waals surface area contributed by atoms with Gasteiger partial charge in [-0.2, -0.15) is 4.98 Å². The van der Waals surface area contributed by atoms with Gasteiger partial charge in [-0.3, -0.25) is 0 Å². The Bertz CT molecular complexity index is 974. The normalized spacial score (nSPS) is 12.6. The van der Waals surface area contributed by atoms with E-state index in [1.54, 1.807) is 14.2 Å². The number of nitrogens with one attached hydrogen (secondary N) is 1. The van der Waals surface area contributed by atoms with Gasteiger partial charge < -0.3 is 19.7 Å². The smallest absolute Gasteiger partial charge is 0.232 e. The number of fused-ring (bicyclic) bond motifs is 1. The van der Waals surface area contributed by atoms with E-state index >= 15 is 0 Å². The van der Waals surface area contributed by atoms with Crippen LogP contribution in [0.3, 0.4) is 0 Å². The lowest BCUT2D eigenvalue weighted by molar-refractivity contribution is 0.395. The van der Waals surface area contributed by atoms with Crippen molar-refractivity contribution in [1.82, 2.24) is 9.97 Å². The number of rotatable bonds is 5. The maximum absolute atomic E-state index is 5.47. The molecule has 0 spiro atoms. The van der Waals surface area contributed by atoms with Gasteiger partial charge in [0, 0.05) is 30.1 Å². The van der Waals surface area contributed by atoms with E-state index in [1.807, 2.05) is 37.3 Å². The van der Waals surface area contributed by atoms with E-state index < -0.39 is 0 Å². The Morgan fingerprint density at radius 3 is 2.67 bits per heavy atom. The Hall–Kier alpha value is -3.28. The van der Waals surface area contributed by atoms with Gasteiger partial charge in [0.2, 0.25) is 5.95 Å². The van der Waals surface area contributed by atoms with Gasteiger partial charge >= 0.3 is 0 Å². The Morgan fingerprint density at radius 1 is 1.00 bits per heavy atom. The topological polar surface area (TPSA) is 59.5 Å². The van der Waals surface area contributed by atoms with Gasteiger partial charge in [0.1, 0.15) is 17.3 Å². The van der Waals surface area contributed by atoms with Crippen LogP contribution in [-0.4, -0.2) is 30.7 Å². The van der Waals surface area contributed by atoms with Crippen LogP contribution in [0.5, 0.6) is 11.5 Å². The van der Waals surface area contributed by atoms with E-state index in [-0.39, 0.29) is 0 Å². The molecular weight excluding hydrogens is 340 g/mol. The number of aromatic nitrogens is 2. The highest BCUT2D eigenvalue weighted by Crippen LogP contribution is 2.34. The van der Waals surface area contributed by atoms with Crippen molar-refractivity contribution < 1.29 is 9.47 Å². The summed E-state index contributed by atoms with van der Waals surface area (Å²) in [4.78, 5) is 11.6. The first kappa shape index (κ1) is 17.1. The summed E-state index contributed by atoms with van der Waals surface area (Å²) >= 11 is 0. The Kier molecular flexibility index (Phi) is 4.54. The van der Waals surface area contributed by atoms with Crippen LogP contribution in [0, 0.1) is 6.92 Å². The van der Waals surface area contributed by atoms with Crippen LogP contribution in [-0.2, 0) is 6.42 Å². The number of hydrogen-bond donors (Lipinski definition) is 1. The molecule has 138 valence electrons. The van der Waals surface area contributed by atoms with Crippen LogP contribution in [0.2, 0.25) is 0 Å². The molecule has 3 aromatic rings. The second-order valence-electron chi connectivity index (χ2n) is 6.42. The fourth-order valence-corrected chi connectivity index (χ4v) is 3.32. The monoisotopic (exact) mass is 362 g/mol. The summed E-state index contributed by atoms with van der Waals surface area (Å²) < 4.78 is 10.7. The van der Waals surface area contributed by atoms with Crippen molar-refractivity contribution in [3.8, 4) is 11.5 Å². The van der Waals surface area contributed by atoms with E-state index in [2.05, 4.69) is 33.4 Å². The molecule has 0 aliphatic carbocycles. The second kappa shape index (κ2) is 7.15. The van der Waals surface area contributed by atoms with Crippen LogP contribution in [0.15, 0.2) is 48.5 Å². The molecule has 0 fully saturated rings. The molecule has 0 atom stereocenters. The number of nitrogens with zero attached hydrogens (tertiary/aromatic N) is 3. The van der Waals surface area contributed by atoms with Crippen molar-refractivity contribution in [1.29, 1.82) is 0 Å². The fourth-order valence-electron chi connectivity index (χ4n) is 3.32. The molecule has 0 saturated carbocycles. The van der Waals surface area contributed by atoms with Gasteiger partial charge in [-0.05, 0) is 37.1 Å². The van der Waals surface area contributed by atoms with Gasteiger partial charge in [-0.15, -0.1) is 0 Å². The largest absolute Gasteiger partial charge is 0.497 e. The molecule has 4 rings (SSSR count). The van der Waals surface area contributed by atoms with Crippen molar-refractivity contribution in [2.45, 2.75) is 13.3 Å². The van der Waals surface area contributed by atoms with E-state index in [4.69, 9.17) is 14.5 Å². The standard InChI is InChI=1S/C21H22N4O2/c1-14-12-20(23-17-9-8-16(26-2)13-19(17)27-3)24-21(22-14)25-11-10-15-6-4-5-7-18(15)25/h4-9,12-13H,10-11H2,1-3H3,(H,22,23,24). The van der Waals surface area contributed by atoms with Crippen molar-refractivity contribution in [3.05, 3.63) is 59.8 Å². The molecule has 1 aliphatic rings. The molecule has 0 radical (unpaired) electrons. The molecule has 27 heavy (non-hydrogen) atoms. The van der Waals surface area contributed by atoms with Gasteiger partial charge in [-0.1, -0.05) is 18.2 Å². The van der Waals surface area contributed by atoms with Crippen LogP contribution < -0.4 is 19.7 Å². The molecular formula is C21H22N4O2. The molecule has 0 amide bonds. The zero-order valence-corrected chi connectivity index (χ0v) is 15.7. The van der Waals surface area contributed by atoms with Crippen LogP contribution in [0.4, 0.5) is 23.1 Å². The highest BCUT2D eigenvalue weighted by atomic mass is 16.5. The maximum Gasteiger partial charge on any atom is 0.232 e. The predicted molar refractivity (Wildman–Crippen MR) is 107 cm³/mol.